The summed E-state index contributed by atoms with van der Waals surface area (Å²) < 4.78 is 14.6. The van der Waals surface area contributed by atoms with Crippen molar-refractivity contribution in [3.63, 3.8) is 0 Å². The molecular formula is C21H33FO. The summed E-state index contributed by atoms with van der Waals surface area (Å²) in [7, 11) is 0. The standard InChI is InChI=1S/C21H33FO/c1-4-17-19(22)11-18-16-6-5-13-12-20(2,23)9-7-14(13)15(16)8-10-21(17,18)3/h4,13-16,18-19,23H,5-12H2,1-3H3/b17-4+/t13-,14+,15-,16-,18+,19-,20-,21-/m1/s1. The summed E-state index contributed by atoms with van der Waals surface area (Å²) in [6, 6.07) is 0. The van der Waals surface area contributed by atoms with E-state index in [0.717, 1.165) is 42.6 Å². The van der Waals surface area contributed by atoms with Crippen LogP contribution in [-0.2, 0) is 0 Å². The summed E-state index contributed by atoms with van der Waals surface area (Å²) in [5, 5.41) is 10.4. The minimum Gasteiger partial charge on any atom is -0.390 e. The van der Waals surface area contributed by atoms with E-state index in [-0.39, 0.29) is 5.41 Å². The number of halogens is 1. The van der Waals surface area contributed by atoms with Crippen LogP contribution in [0.5, 0.6) is 0 Å². The van der Waals surface area contributed by atoms with Gasteiger partial charge in [-0.15, -0.1) is 0 Å². The monoisotopic (exact) mass is 320 g/mol. The smallest absolute Gasteiger partial charge is 0.122 e. The second-order valence-corrected chi connectivity index (χ2v) is 9.58. The predicted octanol–water partition coefficient (Wildman–Crippen LogP) is 5.28. The second-order valence-electron chi connectivity index (χ2n) is 9.58. The molecule has 0 heterocycles. The Morgan fingerprint density at radius 2 is 1.78 bits per heavy atom. The number of rotatable bonds is 0. The van der Waals surface area contributed by atoms with Crippen molar-refractivity contribution in [3.8, 4) is 0 Å². The van der Waals surface area contributed by atoms with Crippen LogP contribution in [-0.4, -0.2) is 16.9 Å². The molecule has 0 saturated heterocycles. The lowest BCUT2D eigenvalue weighted by Gasteiger charge is -2.56. The minimum atomic E-state index is -0.696. The highest BCUT2D eigenvalue weighted by molar-refractivity contribution is 5.27. The highest BCUT2D eigenvalue weighted by atomic mass is 19.1. The maximum absolute atomic E-state index is 14.6. The summed E-state index contributed by atoms with van der Waals surface area (Å²) in [6.07, 6.45) is 10.3. The third-order valence-corrected chi connectivity index (χ3v) is 8.40. The molecule has 4 saturated carbocycles. The van der Waals surface area contributed by atoms with E-state index in [2.05, 4.69) is 13.0 Å². The molecule has 23 heavy (non-hydrogen) atoms. The van der Waals surface area contributed by atoms with Gasteiger partial charge in [-0.2, -0.15) is 0 Å². The van der Waals surface area contributed by atoms with E-state index in [1.807, 2.05) is 13.8 Å². The van der Waals surface area contributed by atoms with Crippen molar-refractivity contribution in [1.29, 1.82) is 0 Å². The molecule has 0 aromatic carbocycles. The Morgan fingerprint density at radius 3 is 2.52 bits per heavy atom. The first kappa shape index (κ1) is 16.1. The van der Waals surface area contributed by atoms with Gasteiger partial charge in [-0.1, -0.05) is 13.0 Å². The lowest BCUT2D eigenvalue weighted by atomic mass is 9.49. The summed E-state index contributed by atoms with van der Waals surface area (Å²) in [5.41, 5.74) is 0.796. The van der Waals surface area contributed by atoms with Gasteiger partial charge in [-0.05, 0) is 106 Å². The van der Waals surface area contributed by atoms with E-state index in [1.165, 1.54) is 32.1 Å². The van der Waals surface area contributed by atoms with Crippen LogP contribution in [0.2, 0.25) is 0 Å². The van der Waals surface area contributed by atoms with E-state index < -0.39 is 11.8 Å². The normalized spacial score (nSPS) is 57.7. The maximum Gasteiger partial charge on any atom is 0.122 e. The van der Waals surface area contributed by atoms with Crippen molar-refractivity contribution < 1.29 is 9.50 Å². The molecular weight excluding hydrogens is 287 g/mol. The molecule has 0 spiro atoms. The minimum absolute atomic E-state index is 0.127. The SMILES string of the molecule is C/C=C1\[C@H](F)C[C@H]2[C@@H]3CC[C@@H]4C[C@](C)(O)CC[C@@H]4[C@H]3CC[C@]12C. The van der Waals surface area contributed by atoms with Gasteiger partial charge in [-0.3, -0.25) is 0 Å². The molecule has 4 aliphatic rings. The zero-order valence-electron chi connectivity index (χ0n) is 15.0. The topological polar surface area (TPSA) is 20.2 Å². The van der Waals surface area contributed by atoms with Gasteiger partial charge in [-0.25, -0.2) is 4.39 Å². The fraction of sp³-hybridized carbons (Fsp3) is 0.905. The van der Waals surface area contributed by atoms with Crippen LogP contribution in [0.15, 0.2) is 11.6 Å². The molecule has 4 rings (SSSR count). The maximum atomic E-state index is 14.6. The number of allylic oxidation sites excluding steroid dienone is 2. The Kier molecular flexibility index (Phi) is 3.72. The van der Waals surface area contributed by atoms with E-state index in [0.29, 0.717) is 11.8 Å². The average Bonchev–Trinajstić information content (AvgIpc) is 2.75. The third-order valence-electron chi connectivity index (χ3n) is 8.40. The number of hydrogen-bond donors (Lipinski definition) is 1. The number of alkyl halides is 1. The first-order valence-corrected chi connectivity index (χ1v) is 9.89. The van der Waals surface area contributed by atoms with Gasteiger partial charge in [0, 0.05) is 0 Å². The van der Waals surface area contributed by atoms with Crippen molar-refractivity contribution in [1.82, 2.24) is 0 Å². The van der Waals surface area contributed by atoms with Crippen LogP contribution < -0.4 is 0 Å². The van der Waals surface area contributed by atoms with Crippen LogP contribution in [0.25, 0.3) is 0 Å². The predicted molar refractivity (Wildman–Crippen MR) is 91.8 cm³/mol. The first-order valence-electron chi connectivity index (χ1n) is 9.89. The fourth-order valence-electron chi connectivity index (χ4n) is 7.41. The molecule has 0 bridgehead atoms. The van der Waals surface area contributed by atoms with Crippen molar-refractivity contribution in [3.05, 3.63) is 11.6 Å². The Hall–Kier alpha value is -0.370. The van der Waals surface area contributed by atoms with E-state index in [9.17, 15) is 9.50 Å². The van der Waals surface area contributed by atoms with Crippen LogP contribution >= 0.6 is 0 Å². The highest BCUT2D eigenvalue weighted by Crippen LogP contribution is 2.64. The number of hydrogen-bond acceptors (Lipinski definition) is 1. The molecule has 0 unspecified atom stereocenters. The first-order chi connectivity index (χ1) is 10.9. The Labute approximate surface area is 140 Å². The van der Waals surface area contributed by atoms with Gasteiger partial charge in [0.2, 0.25) is 0 Å². The third kappa shape index (κ3) is 2.34. The zero-order chi connectivity index (χ0) is 16.4. The van der Waals surface area contributed by atoms with Crippen molar-refractivity contribution in [2.75, 3.05) is 0 Å². The molecule has 2 heteroatoms. The van der Waals surface area contributed by atoms with E-state index >= 15 is 0 Å². The molecule has 0 aromatic heterocycles. The highest BCUT2D eigenvalue weighted by Gasteiger charge is 2.58. The number of fused-ring (bicyclic) bond motifs is 5. The average molecular weight is 320 g/mol. The molecule has 1 nitrogen and oxygen atoms in total. The van der Waals surface area contributed by atoms with Gasteiger partial charge >= 0.3 is 0 Å². The molecule has 130 valence electrons. The van der Waals surface area contributed by atoms with Gasteiger partial charge < -0.3 is 5.11 Å². The molecule has 0 aliphatic heterocycles. The zero-order valence-corrected chi connectivity index (χ0v) is 15.0. The Balaban J connectivity index is 1.59. The summed E-state index contributed by atoms with van der Waals surface area (Å²) >= 11 is 0. The molecule has 0 aromatic rings. The largest absolute Gasteiger partial charge is 0.390 e. The van der Waals surface area contributed by atoms with Crippen LogP contribution in [0, 0.1) is 35.0 Å². The lowest BCUT2D eigenvalue weighted by molar-refractivity contribution is -0.0901. The van der Waals surface area contributed by atoms with Crippen molar-refractivity contribution in [2.24, 2.45) is 35.0 Å². The van der Waals surface area contributed by atoms with Crippen LogP contribution in [0.3, 0.4) is 0 Å². The summed E-state index contributed by atoms with van der Waals surface area (Å²) in [6.45, 7) is 6.40. The van der Waals surface area contributed by atoms with Crippen LogP contribution in [0.1, 0.15) is 72.1 Å². The van der Waals surface area contributed by atoms with Gasteiger partial charge in [0.1, 0.15) is 6.17 Å². The molecule has 0 radical (unpaired) electrons. The quantitative estimate of drug-likeness (QED) is 0.602. The van der Waals surface area contributed by atoms with Crippen LogP contribution in [0.4, 0.5) is 4.39 Å². The molecule has 1 N–H and O–H groups in total. The van der Waals surface area contributed by atoms with Gasteiger partial charge in [0.05, 0.1) is 5.60 Å². The van der Waals surface area contributed by atoms with E-state index in [4.69, 9.17) is 0 Å². The molecule has 4 aliphatic carbocycles. The molecule has 8 atom stereocenters. The summed E-state index contributed by atoms with van der Waals surface area (Å²) in [5.74, 6) is 3.60. The fourth-order valence-corrected chi connectivity index (χ4v) is 7.41. The molecule has 4 fully saturated rings. The van der Waals surface area contributed by atoms with Gasteiger partial charge in [0.25, 0.3) is 0 Å². The van der Waals surface area contributed by atoms with Crippen molar-refractivity contribution >= 4 is 0 Å². The van der Waals surface area contributed by atoms with E-state index in [1.54, 1.807) is 0 Å². The Morgan fingerprint density at radius 1 is 1.04 bits per heavy atom. The van der Waals surface area contributed by atoms with Crippen molar-refractivity contribution in [2.45, 2.75) is 83.9 Å². The summed E-state index contributed by atoms with van der Waals surface area (Å²) in [4.78, 5) is 0. The molecule has 0 amide bonds. The second kappa shape index (κ2) is 5.31. The Bertz CT molecular complexity index is 510. The van der Waals surface area contributed by atoms with Gasteiger partial charge in [0.15, 0.2) is 0 Å². The number of aliphatic hydroxyl groups is 1. The lowest BCUT2D eigenvalue weighted by Crippen LogP contribution is -2.49.